The minimum Gasteiger partial charge on any atom is -0.349 e. The van der Waals surface area contributed by atoms with Crippen LogP contribution in [0.4, 0.5) is 0 Å². The molecule has 1 heterocycles. The molecule has 5 nitrogen and oxygen atoms in total. The Morgan fingerprint density at radius 2 is 1.91 bits per heavy atom. The lowest BCUT2D eigenvalue weighted by atomic mass is 10.1. The predicted molar refractivity (Wildman–Crippen MR) is 88.7 cm³/mol. The lowest BCUT2D eigenvalue weighted by Gasteiger charge is -2.09. The van der Waals surface area contributed by atoms with E-state index in [-0.39, 0.29) is 5.91 Å². The number of benzene rings is 1. The monoisotopic (exact) mass is 300 g/mol. The van der Waals surface area contributed by atoms with Crippen LogP contribution in [0.3, 0.4) is 0 Å². The Labute approximate surface area is 131 Å². The fraction of sp³-hybridized carbons (Fsp3) is 0.412. The highest BCUT2D eigenvalue weighted by molar-refractivity contribution is 5.92. The molecule has 0 radical (unpaired) electrons. The number of nitrogens with zero attached hydrogens (tertiary/aromatic N) is 3. The van der Waals surface area contributed by atoms with Gasteiger partial charge >= 0.3 is 0 Å². The lowest BCUT2D eigenvalue weighted by Crippen LogP contribution is -2.31. The molecule has 0 bridgehead atoms. The summed E-state index contributed by atoms with van der Waals surface area (Å²) in [6.45, 7) is 7.54. The smallest absolute Gasteiger partial charge is 0.271 e. The van der Waals surface area contributed by atoms with Crippen molar-refractivity contribution < 1.29 is 4.79 Å². The number of aromatic nitrogens is 2. The maximum Gasteiger partial charge on any atom is 0.271 e. The summed E-state index contributed by atoms with van der Waals surface area (Å²) >= 11 is 0. The predicted octanol–water partition coefficient (Wildman–Crippen LogP) is 2.09. The van der Waals surface area contributed by atoms with E-state index in [0.29, 0.717) is 12.2 Å². The maximum absolute atomic E-state index is 12.1. The Balaban J connectivity index is 2.17. The first-order chi connectivity index (χ1) is 10.4. The summed E-state index contributed by atoms with van der Waals surface area (Å²) in [7, 11) is 3.95. The Morgan fingerprint density at radius 1 is 1.18 bits per heavy atom. The molecule has 0 unspecified atom stereocenters. The summed E-state index contributed by atoms with van der Waals surface area (Å²) in [6.07, 6.45) is 0. The molecule has 1 aromatic heterocycles. The van der Waals surface area contributed by atoms with Crippen molar-refractivity contribution in [2.24, 2.45) is 0 Å². The molecule has 2 rings (SSSR count). The first-order valence-electron chi connectivity index (χ1n) is 7.45. The molecule has 22 heavy (non-hydrogen) atoms. The summed E-state index contributed by atoms with van der Waals surface area (Å²) < 4.78 is 1.81. The lowest BCUT2D eigenvalue weighted by molar-refractivity contribution is 0.0945. The van der Waals surface area contributed by atoms with Crippen molar-refractivity contribution in [3.8, 4) is 5.69 Å². The number of amides is 1. The standard InChI is InChI=1S/C17H24N4O/c1-12-6-7-15(10-13(12)2)21-14(3)11-16(19-21)17(22)18-8-9-20(4)5/h6-7,10-11H,8-9H2,1-5H3,(H,18,22). The average molecular weight is 300 g/mol. The van der Waals surface area contributed by atoms with Gasteiger partial charge in [0.1, 0.15) is 0 Å². The molecule has 1 amide bonds. The fourth-order valence-electron chi connectivity index (χ4n) is 2.19. The number of carbonyl (C=O) groups excluding carboxylic acids is 1. The molecule has 118 valence electrons. The van der Waals surface area contributed by atoms with E-state index in [4.69, 9.17) is 0 Å². The van der Waals surface area contributed by atoms with Crippen LogP contribution in [-0.2, 0) is 0 Å². The molecule has 1 N–H and O–H groups in total. The van der Waals surface area contributed by atoms with E-state index in [1.54, 1.807) is 0 Å². The molecular weight excluding hydrogens is 276 g/mol. The van der Waals surface area contributed by atoms with Gasteiger partial charge in [-0.3, -0.25) is 4.79 Å². The minimum atomic E-state index is -0.132. The number of likely N-dealkylation sites (N-methyl/N-ethyl adjacent to an activating group) is 1. The second-order valence-corrected chi connectivity index (χ2v) is 5.91. The number of carbonyl (C=O) groups is 1. The minimum absolute atomic E-state index is 0.132. The largest absolute Gasteiger partial charge is 0.349 e. The zero-order valence-electron chi connectivity index (χ0n) is 14.0. The Bertz CT molecular complexity index is 673. The third-order valence-electron chi connectivity index (χ3n) is 3.70. The van der Waals surface area contributed by atoms with Gasteiger partial charge in [-0.2, -0.15) is 5.10 Å². The topological polar surface area (TPSA) is 50.2 Å². The number of hydrogen-bond donors (Lipinski definition) is 1. The van der Waals surface area contributed by atoms with Crippen LogP contribution in [0.15, 0.2) is 24.3 Å². The summed E-state index contributed by atoms with van der Waals surface area (Å²) in [4.78, 5) is 14.2. The average Bonchev–Trinajstić information content (AvgIpc) is 2.83. The molecular formula is C17H24N4O. The van der Waals surface area contributed by atoms with Gasteiger partial charge in [-0.1, -0.05) is 6.07 Å². The van der Waals surface area contributed by atoms with Gasteiger partial charge in [0.15, 0.2) is 5.69 Å². The number of rotatable bonds is 5. The van der Waals surface area contributed by atoms with Crippen LogP contribution >= 0.6 is 0 Å². The molecule has 2 aromatic rings. The second-order valence-electron chi connectivity index (χ2n) is 5.91. The van der Waals surface area contributed by atoms with Crippen molar-refractivity contribution >= 4 is 5.91 Å². The Hall–Kier alpha value is -2.14. The Morgan fingerprint density at radius 3 is 2.55 bits per heavy atom. The molecule has 0 saturated heterocycles. The van der Waals surface area contributed by atoms with Gasteiger partial charge in [-0.15, -0.1) is 0 Å². The van der Waals surface area contributed by atoms with E-state index in [1.165, 1.54) is 11.1 Å². The van der Waals surface area contributed by atoms with Crippen LogP contribution < -0.4 is 5.32 Å². The maximum atomic E-state index is 12.1. The van der Waals surface area contributed by atoms with E-state index in [1.807, 2.05) is 42.7 Å². The molecule has 5 heteroatoms. The van der Waals surface area contributed by atoms with E-state index in [9.17, 15) is 4.79 Å². The van der Waals surface area contributed by atoms with E-state index in [0.717, 1.165) is 17.9 Å². The second kappa shape index (κ2) is 6.75. The number of nitrogens with one attached hydrogen (secondary N) is 1. The van der Waals surface area contributed by atoms with Crippen molar-refractivity contribution in [3.05, 3.63) is 46.8 Å². The highest BCUT2D eigenvalue weighted by atomic mass is 16.1. The molecule has 0 fully saturated rings. The SMILES string of the molecule is Cc1ccc(-n2nc(C(=O)NCCN(C)C)cc2C)cc1C. The van der Waals surface area contributed by atoms with Crippen LogP contribution in [0.2, 0.25) is 0 Å². The van der Waals surface area contributed by atoms with Gasteiger partial charge in [0, 0.05) is 18.8 Å². The van der Waals surface area contributed by atoms with Crippen molar-refractivity contribution in [3.63, 3.8) is 0 Å². The van der Waals surface area contributed by atoms with Crippen molar-refractivity contribution in [1.82, 2.24) is 20.0 Å². The van der Waals surface area contributed by atoms with Gasteiger partial charge < -0.3 is 10.2 Å². The summed E-state index contributed by atoms with van der Waals surface area (Å²) in [5.41, 5.74) is 4.84. The first kappa shape index (κ1) is 16.2. The first-order valence-corrected chi connectivity index (χ1v) is 7.45. The van der Waals surface area contributed by atoms with Crippen molar-refractivity contribution in [2.75, 3.05) is 27.2 Å². The molecule has 0 atom stereocenters. The molecule has 0 aliphatic carbocycles. The summed E-state index contributed by atoms with van der Waals surface area (Å²) in [5.74, 6) is -0.132. The fourth-order valence-corrected chi connectivity index (χ4v) is 2.19. The third kappa shape index (κ3) is 3.74. The summed E-state index contributed by atoms with van der Waals surface area (Å²) in [6, 6.07) is 8.00. The Kier molecular flexibility index (Phi) is 4.98. The van der Waals surface area contributed by atoms with Gasteiger partial charge in [-0.25, -0.2) is 4.68 Å². The van der Waals surface area contributed by atoms with Crippen LogP contribution in [0, 0.1) is 20.8 Å². The highest BCUT2D eigenvalue weighted by Gasteiger charge is 2.13. The zero-order valence-corrected chi connectivity index (χ0v) is 14.0. The van der Waals surface area contributed by atoms with Gasteiger partial charge in [-0.05, 0) is 64.2 Å². The van der Waals surface area contributed by atoms with E-state index in [2.05, 4.69) is 36.4 Å². The number of aryl methyl sites for hydroxylation is 3. The highest BCUT2D eigenvalue weighted by Crippen LogP contribution is 2.16. The van der Waals surface area contributed by atoms with E-state index >= 15 is 0 Å². The third-order valence-corrected chi connectivity index (χ3v) is 3.70. The molecule has 0 saturated carbocycles. The van der Waals surface area contributed by atoms with Gasteiger partial charge in [0.05, 0.1) is 5.69 Å². The summed E-state index contributed by atoms with van der Waals surface area (Å²) in [5, 5.41) is 7.33. The van der Waals surface area contributed by atoms with Crippen LogP contribution in [0.5, 0.6) is 0 Å². The zero-order chi connectivity index (χ0) is 16.3. The van der Waals surface area contributed by atoms with Crippen molar-refractivity contribution in [2.45, 2.75) is 20.8 Å². The van der Waals surface area contributed by atoms with Crippen LogP contribution in [-0.4, -0.2) is 47.8 Å². The van der Waals surface area contributed by atoms with Gasteiger partial charge in [0.2, 0.25) is 0 Å². The normalized spacial score (nSPS) is 11.0. The molecule has 0 spiro atoms. The van der Waals surface area contributed by atoms with Crippen LogP contribution in [0.1, 0.15) is 27.3 Å². The van der Waals surface area contributed by atoms with Crippen molar-refractivity contribution in [1.29, 1.82) is 0 Å². The molecule has 0 aliphatic heterocycles. The van der Waals surface area contributed by atoms with E-state index < -0.39 is 0 Å². The quantitative estimate of drug-likeness (QED) is 0.920. The molecule has 1 aromatic carbocycles. The molecule has 0 aliphatic rings. The number of hydrogen-bond acceptors (Lipinski definition) is 3. The van der Waals surface area contributed by atoms with Crippen LogP contribution in [0.25, 0.3) is 5.69 Å². The van der Waals surface area contributed by atoms with Gasteiger partial charge in [0.25, 0.3) is 5.91 Å².